The minimum Gasteiger partial charge on any atom is -0.378 e. The fraction of sp³-hybridized carbons (Fsp3) is 0.562. The molecule has 0 aliphatic carbocycles. The third-order valence-electron chi connectivity index (χ3n) is 3.63. The number of aliphatic imine (C=N–C) groups is 1. The van der Waals surface area contributed by atoms with Gasteiger partial charge in [-0.25, -0.2) is 0 Å². The SMILES string of the molecule is CN=C(NCc1cccc(N(C)C)c1)NCC1CCCO1. The molecule has 21 heavy (non-hydrogen) atoms. The van der Waals surface area contributed by atoms with Crippen molar-refractivity contribution in [3.8, 4) is 0 Å². The topological polar surface area (TPSA) is 48.9 Å². The molecule has 1 aliphatic heterocycles. The summed E-state index contributed by atoms with van der Waals surface area (Å²) in [5.74, 6) is 0.820. The van der Waals surface area contributed by atoms with Crippen LogP contribution in [0.25, 0.3) is 0 Å². The number of hydrogen-bond acceptors (Lipinski definition) is 3. The zero-order valence-corrected chi connectivity index (χ0v) is 13.2. The summed E-state index contributed by atoms with van der Waals surface area (Å²) in [7, 11) is 5.89. The number of hydrogen-bond donors (Lipinski definition) is 2. The highest BCUT2D eigenvalue weighted by molar-refractivity contribution is 5.79. The van der Waals surface area contributed by atoms with Crippen LogP contribution in [-0.4, -0.2) is 46.4 Å². The van der Waals surface area contributed by atoms with Gasteiger partial charge in [-0.3, -0.25) is 4.99 Å². The maximum atomic E-state index is 5.60. The van der Waals surface area contributed by atoms with Gasteiger partial charge in [0.25, 0.3) is 0 Å². The molecule has 2 rings (SSSR count). The highest BCUT2D eigenvalue weighted by Crippen LogP contribution is 2.13. The van der Waals surface area contributed by atoms with Crippen LogP contribution in [-0.2, 0) is 11.3 Å². The van der Waals surface area contributed by atoms with Gasteiger partial charge < -0.3 is 20.3 Å². The Morgan fingerprint density at radius 3 is 2.90 bits per heavy atom. The predicted octanol–water partition coefficient (Wildman–Crippen LogP) is 1.60. The standard InChI is InChI=1S/C16H26N4O/c1-17-16(19-12-15-8-5-9-21-15)18-11-13-6-4-7-14(10-13)20(2)3/h4,6-7,10,15H,5,8-9,11-12H2,1-3H3,(H2,17,18,19). The Morgan fingerprint density at radius 1 is 1.38 bits per heavy atom. The van der Waals surface area contributed by atoms with Crippen LogP contribution < -0.4 is 15.5 Å². The lowest BCUT2D eigenvalue weighted by Gasteiger charge is -2.16. The Balaban J connectivity index is 1.80. The molecule has 1 aromatic rings. The van der Waals surface area contributed by atoms with Gasteiger partial charge >= 0.3 is 0 Å². The van der Waals surface area contributed by atoms with E-state index in [9.17, 15) is 0 Å². The average Bonchev–Trinajstić information content (AvgIpc) is 3.01. The highest BCUT2D eigenvalue weighted by atomic mass is 16.5. The van der Waals surface area contributed by atoms with Crippen LogP contribution in [0.3, 0.4) is 0 Å². The van der Waals surface area contributed by atoms with Crippen LogP contribution in [0.1, 0.15) is 18.4 Å². The van der Waals surface area contributed by atoms with Crippen LogP contribution in [0.4, 0.5) is 5.69 Å². The summed E-state index contributed by atoms with van der Waals surface area (Å²) in [5, 5.41) is 6.66. The first-order valence-electron chi connectivity index (χ1n) is 7.51. The zero-order valence-electron chi connectivity index (χ0n) is 13.2. The average molecular weight is 290 g/mol. The Kier molecular flexibility index (Phi) is 5.87. The van der Waals surface area contributed by atoms with E-state index < -0.39 is 0 Å². The van der Waals surface area contributed by atoms with Crippen LogP contribution in [0.15, 0.2) is 29.3 Å². The van der Waals surface area contributed by atoms with Crippen LogP contribution >= 0.6 is 0 Å². The summed E-state index contributed by atoms with van der Waals surface area (Å²) in [6, 6.07) is 8.48. The molecule has 1 aromatic carbocycles. The summed E-state index contributed by atoms with van der Waals surface area (Å²) in [4.78, 5) is 6.36. The number of nitrogens with one attached hydrogen (secondary N) is 2. The van der Waals surface area contributed by atoms with Crippen LogP contribution in [0, 0.1) is 0 Å². The van der Waals surface area contributed by atoms with Crippen LogP contribution in [0.5, 0.6) is 0 Å². The number of ether oxygens (including phenoxy) is 1. The van der Waals surface area contributed by atoms with Gasteiger partial charge in [0, 0.05) is 46.5 Å². The predicted molar refractivity (Wildman–Crippen MR) is 87.9 cm³/mol. The van der Waals surface area contributed by atoms with E-state index >= 15 is 0 Å². The summed E-state index contributed by atoms with van der Waals surface area (Å²) in [5.41, 5.74) is 2.44. The van der Waals surface area contributed by atoms with Crippen molar-refractivity contribution in [2.45, 2.75) is 25.5 Å². The maximum absolute atomic E-state index is 5.60. The van der Waals surface area contributed by atoms with E-state index in [2.05, 4.69) is 58.9 Å². The quantitative estimate of drug-likeness (QED) is 0.639. The minimum absolute atomic E-state index is 0.320. The first kappa shape index (κ1) is 15.6. The van der Waals surface area contributed by atoms with E-state index in [1.165, 1.54) is 11.3 Å². The molecule has 5 nitrogen and oxygen atoms in total. The summed E-state index contributed by atoms with van der Waals surface area (Å²) >= 11 is 0. The normalized spacial score (nSPS) is 18.6. The third-order valence-corrected chi connectivity index (χ3v) is 3.63. The lowest BCUT2D eigenvalue weighted by Crippen LogP contribution is -2.40. The summed E-state index contributed by atoms with van der Waals surface area (Å²) < 4.78 is 5.60. The molecule has 5 heteroatoms. The first-order chi connectivity index (χ1) is 10.2. The third kappa shape index (κ3) is 4.93. The smallest absolute Gasteiger partial charge is 0.191 e. The van der Waals surface area contributed by atoms with Gasteiger partial charge in [-0.1, -0.05) is 12.1 Å². The van der Waals surface area contributed by atoms with E-state index in [4.69, 9.17) is 4.74 Å². The summed E-state index contributed by atoms with van der Waals surface area (Å²) in [6.07, 6.45) is 2.62. The van der Waals surface area contributed by atoms with E-state index in [1.54, 1.807) is 7.05 Å². The Labute approximate surface area is 127 Å². The number of nitrogens with zero attached hydrogens (tertiary/aromatic N) is 2. The number of guanidine groups is 1. The molecule has 1 unspecified atom stereocenters. The van der Waals surface area contributed by atoms with Crippen molar-refractivity contribution in [3.63, 3.8) is 0 Å². The monoisotopic (exact) mass is 290 g/mol. The first-order valence-corrected chi connectivity index (χ1v) is 7.51. The molecule has 0 saturated carbocycles. The summed E-state index contributed by atoms with van der Waals surface area (Å²) in [6.45, 7) is 2.46. The van der Waals surface area contributed by atoms with Gasteiger partial charge in [-0.15, -0.1) is 0 Å². The van der Waals surface area contributed by atoms with Gasteiger partial charge in [0.05, 0.1) is 6.10 Å². The van der Waals surface area contributed by atoms with Crippen molar-refractivity contribution < 1.29 is 4.74 Å². The molecular formula is C16H26N4O. The number of anilines is 1. The van der Waals surface area contributed by atoms with Crippen molar-refractivity contribution in [1.29, 1.82) is 0 Å². The van der Waals surface area contributed by atoms with Gasteiger partial charge in [0.15, 0.2) is 5.96 Å². The Morgan fingerprint density at radius 2 is 2.24 bits per heavy atom. The molecule has 1 saturated heterocycles. The lowest BCUT2D eigenvalue weighted by molar-refractivity contribution is 0.114. The number of benzene rings is 1. The molecule has 1 fully saturated rings. The number of rotatable bonds is 5. The van der Waals surface area contributed by atoms with E-state index in [-0.39, 0.29) is 0 Å². The zero-order chi connectivity index (χ0) is 15.1. The molecule has 0 spiro atoms. The second-order valence-corrected chi connectivity index (χ2v) is 5.51. The molecule has 2 N–H and O–H groups in total. The fourth-order valence-electron chi connectivity index (χ4n) is 2.37. The second-order valence-electron chi connectivity index (χ2n) is 5.51. The molecule has 1 atom stereocenters. The molecule has 1 heterocycles. The fourth-order valence-corrected chi connectivity index (χ4v) is 2.37. The van der Waals surface area contributed by atoms with Crippen molar-refractivity contribution in [3.05, 3.63) is 29.8 Å². The molecule has 0 bridgehead atoms. The molecule has 0 aromatic heterocycles. The Hall–Kier alpha value is -1.75. The molecule has 116 valence electrons. The van der Waals surface area contributed by atoms with Crippen LogP contribution in [0.2, 0.25) is 0 Å². The molecule has 0 amide bonds. The van der Waals surface area contributed by atoms with Gasteiger partial charge in [0.2, 0.25) is 0 Å². The highest BCUT2D eigenvalue weighted by Gasteiger charge is 2.15. The Bertz CT molecular complexity index is 467. The molecular weight excluding hydrogens is 264 g/mol. The van der Waals surface area contributed by atoms with Gasteiger partial charge in [-0.05, 0) is 30.5 Å². The van der Waals surface area contributed by atoms with E-state index in [1.807, 2.05) is 0 Å². The minimum atomic E-state index is 0.320. The lowest BCUT2D eigenvalue weighted by atomic mass is 10.2. The maximum Gasteiger partial charge on any atom is 0.191 e. The molecule has 0 radical (unpaired) electrons. The molecule has 1 aliphatic rings. The van der Waals surface area contributed by atoms with E-state index in [0.29, 0.717) is 6.10 Å². The van der Waals surface area contributed by atoms with Crippen molar-refractivity contribution in [2.75, 3.05) is 39.2 Å². The van der Waals surface area contributed by atoms with Gasteiger partial charge in [-0.2, -0.15) is 0 Å². The van der Waals surface area contributed by atoms with Crippen molar-refractivity contribution >= 4 is 11.6 Å². The van der Waals surface area contributed by atoms with Gasteiger partial charge in [0.1, 0.15) is 0 Å². The van der Waals surface area contributed by atoms with Crippen molar-refractivity contribution in [2.24, 2.45) is 4.99 Å². The van der Waals surface area contributed by atoms with E-state index in [0.717, 1.165) is 38.5 Å². The van der Waals surface area contributed by atoms with Crippen molar-refractivity contribution in [1.82, 2.24) is 10.6 Å². The largest absolute Gasteiger partial charge is 0.378 e. The second kappa shape index (κ2) is 7.88.